The fraction of sp³-hybridized carbons (Fsp3) is 0.938. The predicted molar refractivity (Wildman–Crippen MR) is 86.9 cm³/mol. The van der Waals surface area contributed by atoms with Crippen molar-refractivity contribution in [1.29, 1.82) is 0 Å². The van der Waals surface area contributed by atoms with Gasteiger partial charge in [-0.25, -0.2) is 0 Å². The summed E-state index contributed by atoms with van der Waals surface area (Å²) in [6.45, 7) is 5.67. The lowest BCUT2D eigenvalue weighted by Gasteiger charge is -2.44. The summed E-state index contributed by atoms with van der Waals surface area (Å²) in [5, 5.41) is 10.1. The molecule has 3 rings (SSSR count). The number of aliphatic carboxylic acids is 1. The first-order valence-electron chi connectivity index (χ1n) is 8.51. The molecule has 5 heteroatoms. The molecule has 3 atom stereocenters. The van der Waals surface area contributed by atoms with E-state index >= 15 is 0 Å². The van der Waals surface area contributed by atoms with Crippen molar-refractivity contribution in [1.82, 2.24) is 9.80 Å². The Morgan fingerprint density at radius 2 is 1.86 bits per heavy atom. The molecule has 3 saturated heterocycles. The van der Waals surface area contributed by atoms with Crippen molar-refractivity contribution < 1.29 is 9.90 Å². The molecular formula is C16H28N2O2S. The molecule has 0 radical (unpaired) electrons. The number of carbonyl (C=O) groups is 1. The average molecular weight is 312 g/mol. The number of hydrogen-bond acceptors (Lipinski definition) is 4. The van der Waals surface area contributed by atoms with Gasteiger partial charge < -0.3 is 5.11 Å². The minimum absolute atomic E-state index is 0.217. The molecule has 0 aromatic rings. The van der Waals surface area contributed by atoms with Crippen LogP contribution in [-0.2, 0) is 4.79 Å². The van der Waals surface area contributed by atoms with Crippen LogP contribution in [0.5, 0.6) is 0 Å². The Morgan fingerprint density at radius 3 is 2.52 bits per heavy atom. The first-order chi connectivity index (χ1) is 10.2. The van der Waals surface area contributed by atoms with Crippen molar-refractivity contribution >= 4 is 17.7 Å². The number of carboxylic acid groups (broad SMARTS) is 1. The highest BCUT2D eigenvalue weighted by atomic mass is 32.2. The number of nitrogens with zero attached hydrogens (tertiary/aromatic N) is 2. The second-order valence-electron chi connectivity index (χ2n) is 6.79. The van der Waals surface area contributed by atoms with Gasteiger partial charge in [0.1, 0.15) is 6.04 Å². The van der Waals surface area contributed by atoms with Crippen LogP contribution in [0.1, 0.15) is 45.4 Å². The van der Waals surface area contributed by atoms with E-state index in [0.717, 1.165) is 56.6 Å². The fourth-order valence-electron chi connectivity index (χ4n) is 4.43. The van der Waals surface area contributed by atoms with Crippen LogP contribution in [0.15, 0.2) is 0 Å². The smallest absolute Gasteiger partial charge is 0.320 e. The minimum atomic E-state index is -0.618. The van der Waals surface area contributed by atoms with Gasteiger partial charge in [-0.15, -0.1) is 0 Å². The van der Waals surface area contributed by atoms with Gasteiger partial charge in [0.05, 0.1) is 0 Å². The lowest BCUT2D eigenvalue weighted by molar-refractivity contribution is -0.143. The normalized spacial score (nSPS) is 36.9. The Bertz CT molecular complexity index is 371. The van der Waals surface area contributed by atoms with Crippen LogP contribution < -0.4 is 0 Å². The van der Waals surface area contributed by atoms with Crippen molar-refractivity contribution in [3.05, 3.63) is 0 Å². The van der Waals surface area contributed by atoms with Gasteiger partial charge in [-0.1, -0.05) is 6.92 Å². The Balaban J connectivity index is 1.54. The van der Waals surface area contributed by atoms with Gasteiger partial charge in [0.15, 0.2) is 0 Å². The molecule has 0 bridgehead atoms. The van der Waals surface area contributed by atoms with Gasteiger partial charge >= 0.3 is 5.97 Å². The highest BCUT2D eigenvalue weighted by Gasteiger charge is 2.38. The number of piperidine rings is 1. The third-order valence-corrected chi connectivity index (χ3v) is 6.95. The molecule has 1 N–H and O–H groups in total. The van der Waals surface area contributed by atoms with Gasteiger partial charge in [0.2, 0.25) is 0 Å². The van der Waals surface area contributed by atoms with E-state index < -0.39 is 5.97 Å². The summed E-state index contributed by atoms with van der Waals surface area (Å²) in [7, 11) is 0. The maximum atomic E-state index is 11.4. The molecule has 0 spiro atoms. The summed E-state index contributed by atoms with van der Waals surface area (Å²) in [4.78, 5) is 16.3. The maximum Gasteiger partial charge on any atom is 0.320 e. The fourth-order valence-corrected chi connectivity index (χ4v) is 5.66. The Hall–Kier alpha value is -0.260. The van der Waals surface area contributed by atoms with Crippen LogP contribution in [0.2, 0.25) is 0 Å². The molecule has 3 aliphatic heterocycles. The minimum Gasteiger partial charge on any atom is -0.480 e. The predicted octanol–water partition coefficient (Wildman–Crippen LogP) is 2.28. The van der Waals surface area contributed by atoms with Gasteiger partial charge in [0, 0.05) is 17.3 Å². The number of thioether (sulfide) groups is 1. The van der Waals surface area contributed by atoms with Crippen molar-refractivity contribution in [3.63, 3.8) is 0 Å². The van der Waals surface area contributed by atoms with Crippen molar-refractivity contribution in [2.45, 2.75) is 68.8 Å². The maximum absolute atomic E-state index is 11.4. The molecule has 3 fully saturated rings. The summed E-state index contributed by atoms with van der Waals surface area (Å²) in [6.07, 6.45) is 6.89. The van der Waals surface area contributed by atoms with E-state index in [1.165, 1.54) is 18.6 Å². The van der Waals surface area contributed by atoms with E-state index in [1.54, 1.807) is 0 Å². The molecule has 3 aliphatic rings. The van der Waals surface area contributed by atoms with Crippen molar-refractivity contribution in [3.8, 4) is 0 Å². The van der Waals surface area contributed by atoms with Gasteiger partial charge in [-0.3, -0.25) is 14.6 Å². The van der Waals surface area contributed by atoms with Crippen LogP contribution in [-0.4, -0.2) is 69.6 Å². The summed E-state index contributed by atoms with van der Waals surface area (Å²) < 4.78 is 0. The molecule has 3 heterocycles. The first-order valence-corrected chi connectivity index (χ1v) is 9.56. The first kappa shape index (κ1) is 15.6. The summed E-state index contributed by atoms with van der Waals surface area (Å²) in [6, 6.07) is 1.03. The van der Waals surface area contributed by atoms with Crippen molar-refractivity contribution in [2.24, 2.45) is 0 Å². The van der Waals surface area contributed by atoms with E-state index in [9.17, 15) is 9.90 Å². The van der Waals surface area contributed by atoms with Gasteiger partial charge in [-0.05, 0) is 63.9 Å². The third-order valence-electron chi connectivity index (χ3n) is 5.58. The van der Waals surface area contributed by atoms with Gasteiger partial charge in [-0.2, -0.15) is 11.8 Å². The van der Waals surface area contributed by atoms with Crippen molar-refractivity contribution in [2.75, 3.05) is 25.4 Å². The zero-order chi connectivity index (χ0) is 14.8. The van der Waals surface area contributed by atoms with Gasteiger partial charge in [0.25, 0.3) is 0 Å². The molecule has 4 nitrogen and oxygen atoms in total. The largest absolute Gasteiger partial charge is 0.480 e. The highest BCUT2D eigenvalue weighted by molar-refractivity contribution is 7.99. The van der Waals surface area contributed by atoms with E-state index in [-0.39, 0.29) is 6.04 Å². The number of likely N-dealkylation sites (tertiary alicyclic amines) is 2. The molecule has 120 valence electrons. The van der Waals surface area contributed by atoms with Crippen LogP contribution in [0.4, 0.5) is 0 Å². The molecule has 0 saturated carbocycles. The van der Waals surface area contributed by atoms with E-state index in [0.29, 0.717) is 6.04 Å². The number of carboxylic acids is 1. The number of hydrogen-bond donors (Lipinski definition) is 1. The zero-order valence-corrected chi connectivity index (χ0v) is 13.9. The SMILES string of the molecule is CC1SCCCC1N1CCC(N2CCCC2C(=O)O)CC1. The Morgan fingerprint density at radius 1 is 1.10 bits per heavy atom. The Kier molecular flexibility index (Phi) is 5.12. The quantitative estimate of drug-likeness (QED) is 0.866. The number of rotatable bonds is 3. The molecule has 0 amide bonds. The Labute approximate surface area is 132 Å². The summed E-state index contributed by atoms with van der Waals surface area (Å²) >= 11 is 2.12. The molecule has 0 aromatic heterocycles. The van der Waals surface area contributed by atoms with Crippen LogP contribution in [0, 0.1) is 0 Å². The van der Waals surface area contributed by atoms with E-state index in [2.05, 4.69) is 28.5 Å². The summed E-state index contributed by atoms with van der Waals surface area (Å²) in [5.74, 6) is 0.703. The third kappa shape index (κ3) is 3.40. The standard InChI is InChI=1S/C16H28N2O2S/c1-12-14(5-3-11-21-12)17-9-6-13(7-10-17)18-8-2-4-15(18)16(19)20/h12-15H,2-11H2,1H3,(H,19,20). The average Bonchev–Trinajstić information content (AvgIpc) is 2.98. The molecule has 3 unspecified atom stereocenters. The van der Waals surface area contributed by atoms with Crippen LogP contribution >= 0.6 is 11.8 Å². The molecule has 0 aliphatic carbocycles. The molecular weight excluding hydrogens is 284 g/mol. The highest BCUT2D eigenvalue weighted by Crippen LogP contribution is 2.32. The topological polar surface area (TPSA) is 43.8 Å². The lowest BCUT2D eigenvalue weighted by Crippen LogP contribution is -2.52. The summed E-state index contributed by atoms with van der Waals surface area (Å²) in [5.41, 5.74) is 0. The van der Waals surface area contributed by atoms with Crippen LogP contribution in [0.25, 0.3) is 0 Å². The van der Waals surface area contributed by atoms with E-state index in [1.807, 2.05) is 0 Å². The second-order valence-corrected chi connectivity index (χ2v) is 8.27. The molecule has 0 aromatic carbocycles. The zero-order valence-electron chi connectivity index (χ0n) is 13.0. The monoisotopic (exact) mass is 312 g/mol. The lowest BCUT2D eigenvalue weighted by atomic mass is 9.98. The molecule has 21 heavy (non-hydrogen) atoms. The van der Waals surface area contributed by atoms with Crippen LogP contribution in [0.3, 0.4) is 0 Å². The van der Waals surface area contributed by atoms with E-state index in [4.69, 9.17) is 0 Å². The second kappa shape index (κ2) is 6.88.